The number of hydrogen-bond donors (Lipinski definition) is 2. The molecule has 1 saturated heterocycles. The molecule has 1 heterocycles. The van der Waals surface area contributed by atoms with Gasteiger partial charge in [-0.25, -0.2) is 8.42 Å². The summed E-state index contributed by atoms with van der Waals surface area (Å²) in [5.41, 5.74) is 0. The van der Waals surface area contributed by atoms with Crippen molar-refractivity contribution in [2.24, 2.45) is 5.92 Å². The van der Waals surface area contributed by atoms with Gasteiger partial charge in [0.2, 0.25) is 5.91 Å². The Morgan fingerprint density at radius 1 is 1.62 bits per heavy atom. The van der Waals surface area contributed by atoms with Gasteiger partial charge < -0.3 is 15.2 Å². The summed E-state index contributed by atoms with van der Waals surface area (Å²) in [4.78, 5) is 11.5. The van der Waals surface area contributed by atoms with Crippen molar-refractivity contribution in [1.82, 2.24) is 5.32 Å². The highest BCUT2D eigenvalue weighted by Gasteiger charge is 2.32. The van der Waals surface area contributed by atoms with Crippen LogP contribution >= 0.6 is 0 Å². The van der Waals surface area contributed by atoms with Gasteiger partial charge in [0, 0.05) is 13.7 Å². The first kappa shape index (κ1) is 13.4. The highest BCUT2D eigenvalue weighted by atomic mass is 32.2. The molecule has 6 nitrogen and oxygen atoms in total. The number of amides is 1. The van der Waals surface area contributed by atoms with Gasteiger partial charge in [-0.15, -0.1) is 0 Å². The van der Waals surface area contributed by atoms with E-state index in [-0.39, 0.29) is 30.6 Å². The number of ether oxygens (including phenoxy) is 1. The van der Waals surface area contributed by atoms with Gasteiger partial charge in [-0.3, -0.25) is 4.79 Å². The number of rotatable bonds is 5. The summed E-state index contributed by atoms with van der Waals surface area (Å²) in [5, 5.41) is 11.8. The molecule has 1 amide bonds. The predicted molar refractivity (Wildman–Crippen MR) is 57.7 cm³/mol. The standard InChI is InChI=1S/C9H17NO5S/c1-15-5-8(11)4-10-9(12)7-2-3-16(13,14)6-7/h7-8,11H,2-6H2,1H3,(H,10,12). The topological polar surface area (TPSA) is 92.7 Å². The minimum absolute atomic E-state index is 0.0751. The molecule has 1 fully saturated rings. The van der Waals surface area contributed by atoms with Crippen LogP contribution in [0.5, 0.6) is 0 Å². The Balaban J connectivity index is 2.31. The average Bonchev–Trinajstić information content (AvgIpc) is 2.56. The Labute approximate surface area is 94.9 Å². The van der Waals surface area contributed by atoms with E-state index in [0.717, 1.165) is 0 Å². The van der Waals surface area contributed by atoms with Crippen LogP contribution in [0.3, 0.4) is 0 Å². The fraction of sp³-hybridized carbons (Fsp3) is 0.889. The van der Waals surface area contributed by atoms with Crippen LogP contribution in [0.1, 0.15) is 6.42 Å². The van der Waals surface area contributed by atoms with Gasteiger partial charge in [-0.1, -0.05) is 0 Å². The molecule has 1 aliphatic rings. The molecule has 0 aromatic carbocycles. The Bertz CT molecular complexity index is 340. The number of hydrogen-bond acceptors (Lipinski definition) is 5. The van der Waals surface area contributed by atoms with E-state index in [9.17, 15) is 18.3 Å². The summed E-state index contributed by atoms with van der Waals surface area (Å²) in [6.45, 7) is 0.229. The minimum Gasteiger partial charge on any atom is -0.389 e. The van der Waals surface area contributed by atoms with Crippen molar-refractivity contribution in [3.8, 4) is 0 Å². The number of nitrogens with one attached hydrogen (secondary N) is 1. The molecule has 2 atom stereocenters. The summed E-state index contributed by atoms with van der Waals surface area (Å²) in [6.07, 6.45) is -0.388. The second kappa shape index (κ2) is 5.60. The van der Waals surface area contributed by atoms with Crippen molar-refractivity contribution >= 4 is 15.7 Å². The van der Waals surface area contributed by atoms with E-state index in [1.54, 1.807) is 0 Å². The molecule has 2 unspecified atom stereocenters. The maximum absolute atomic E-state index is 11.5. The van der Waals surface area contributed by atoms with Crippen molar-refractivity contribution in [3.63, 3.8) is 0 Å². The van der Waals surface area contributed by atoms with E-state index in [4.69, 9.17) is 4.74 Å². The maximum atomic E-state index is 11.5. The van der Waals surface area contributed by atoms with E-state index >= 15 is 0 Å². The van der Waals surface area contributed by atoms with Gasteiger partial charge >= 0.3 is 0 Å². The maximum Gasteiger partial charge on any atom is 0.224 e. The van der Waals surface area contributed by atoms with Crippen molar-refractivity contribution in [1.29, 1.82) is 0 Å². The predicted octanol–water partition coefficient (Wildman–Crippen LogP) is -1.46. The quantitative estimate of drug-likeness (QED) is 0.623. The SMILES string of the molecule is COCC(O)CNC(=O)C1CCS(=O)(=O)C1. The molecule has 94 valence electrons. The normalized spacial score (nSPS) is 25.2. The fourth-order valence-corrected chi connectivity index (χ4v) is 3.36. The molecule has 0 aliphatic carbocycles. The van der Waals surface area contributed by atoms with Crippen LogP contribution in [0.25, 0.3) is 0 Å². The van der Waals surface area contributed by atoms with Crippen LogP contribution in [-0.2, 0) is 19.4 Å². The number of carbonyl (C=O) groups is 1. The number of aliphatic hydroxyl groups is 1. The Morgan fingerprint density at radius 3 is 2.81 bits per heavy atom. The molecule has 0 saturated carbocycles. The van der Waals surface area contributed by atoms with Crippen LogP contribution in [0.2, 0.25) is 0 Å². The molecule has 2 N–H and O–H groups in total. The zero-order chi connectivity index (χ0) is 12.2. The number of sulfone groups is 1. The molecular formula is C9H17NO5S. The van der Waals surface area contributed by atoms with Gasteiger partial charge in [0.25, 0.3) is 0 Å². The molecule has 0 aromatic heterocycles. The van der Waals surface area contributed by atoms with E-state index in [1.807, 2.05) is 0 Å². The van der Waals surface area contributed by atoms with Crippen molar-refractivity contribution < 1.29 is 23.1 Å². The molecule has 0 bridgehead atoms. The Hall–Kier alpha value is -0.660. The average molecular weight is 251 g/mol. The minimum atomic E-state index is -3.04. The zero-order valence-corrected chi connectivity index (χ0v) is 10.00. The summed E-state index contributed by atoms with van der Waals surface area (Å²) < 4.78 is 27.0. The summed E-state index contributed by atoms with van der Waals surface area (Å²) >= 11 is 0. The van der Waals surface area contributed by atoms with Crippen molar-refractivity contribution in [2.75, 3.05) is 31.8 Å². The van der Waals surface area contributed by atoms with Crippen LogP contribution in [-0.4, -0.2) is 57.3 Å². The summed E-state index contributed by atoms with van der Waals surface area (Å²) in [5.74, 6) is -0.791. The van der Waals surface area contributed by atoms with Crippen molar-refractivity contribution in [2.45, 2.75) is 12.5 Å². The molecule has 1 rings (SSSR count). The van der Waals surface area contributed by atoms with E-state index in [2.05, 4.69) is 5.32 Å². The fourth-order valence-electron chi connectivity index (χ4n) is 1.62. The Kier molecular flexibility index (Phi) is 4.69. The highest BCUT2D eigenvalue weighted by molar-refractivity contribution is 7.91. The van der Waals surface area contributed by atoms with Crippen molar-refractivity contribution in [3.05, 3.63) is 0 Å². The number of carbonyl (C=O) groups excluding carboxylic acids is 1. The molecule has 1 aliphatic heterocycles. The van der Waals surface area contributed by atoms with Crippen LogP contribution in [0.15, 0.2) is 0 Å². The monoisotopic (exact) mass is 251 g/mol. The molecule has 0 spiro atoms. The van der Waals surface area contributed by atoms with Gasteiger partial charge in [-0.2, -0.15) is 0 Å². The third kappa shape index (κ3) is 4.07. The zero-order valence-electron chi connectivity index (χ0n) is 9.18. The summed E-state index contributed by atoms with van der Waals surface area (Å²) in [7, 11) is -1.58. The van der Waals surface area contributed by atoms with Gasteiger partial charge in [0.1, 0.15) is 0 Å². The van der Waals surface area contributed by atoms with E-state index < -0.39 is 21.9 Å². The van der Waals surface area contributed by atoms with E-state index in [1.165, 1.54) is 7.11 Å². The first-order valence-corrected chi connectivity index (χ1v) is 6.92. The third-order valence-electron chi connectivity index (χ3n) is 2.47. The molecule has 0 radical (unpaired) electrons. The molecule has 0 aromatic rings. The highest BCUT2D eigenvalue weighted by Crippen LogP contribution is 2.18. The first-order valence-electron chi connectivity index (χ1n) is 5.10. The van der Waals surface area contributed by atoms with E-state index in [0.29, 0.717) is 6.42 Å². The first-order chi connectivity index (χ1) is 7.44. The molecular weight excluding hydrogens is 234 g/mol. The van der Waals surface area contributed by atoms with Crippen LogP contribution < -0.4 is 5.32 Å². The largest absolute Gasteiger partial charge is 0.389 e. The van der Waals surface area contributed by atoms with Crippen LogP contribution in [0.4, 0.5) is 0 Å². The van der Waals surface area contributed by atoms with Gasteiger partial charge in [-0.05, 0) is 6.42 Å². The Morgan fingerprint density at radius 2 is 2.31 bits per heavy atom. The molecule has 7 heteroatoms. The molecule has 16 heavy (non-hydrogen) atoms. The number of aliphatic hydroxyl groups excluding tert-OH is 1. The summed E-state index contributed by atoms with van der Waals surface area (Å²) in [6, 6.07) is 0. The number of methoxy groups -OCH3 is 1. The lowest BCUT2D eigenvalue weighted by Crippen LogP contribution is -2.38. The van der Waals surface area contributed by atoms with Gasteiger partial charge in [0.05, 0.1) is 30.1 Å². The van der Waals surface area contributed by atoms with Gasteiger partial charge in [0.15, 0.2) is 9.84 Å². The lowest BCUT2D eigenvalue weighted by molar-refractivity contribution is -0.124. The lowest BCUT2D eigenvalue weighted by atomic mass is 10.1. The van der Waals surface area contributed by atoms with Crippen LogP contribution in [0, 0.1) is 5.92 Å². The third-order valence-corrected chi connectivity index (χ3v) is 4.24. The smallest absolute Gasteiger partial charge is 0.224 e. The second-order valence-electron chi connectivity index (χ2n) is 3.95. The second-order valence-corrected chi connectivity index (χ2v) is 6.18. The lowest BCUT2D eigenvalue weighted by Gasteiger charge is -2.13.